The topological polar surface area (TPSA) is 53.7 Å². The molecular weight excluding hydrogens is 340 g/mol. The first kappa shape index (κ1) is 16.7. The first-order chi connectivity index (χ1) is 12.3. The third-order valence-corrected chi connectivity index (χ3v) is 4.62. The van der Waals surface area contributed by atoms with Crippen molar-refractivity contribution in [1.82, 2.24) is 14.5 Å². The van der Waals surface area contributed by atoms with E-state index < -0.39 is 11.6 Å². The highest BCUT2D eigenvalue weighted by Crippen LogP contribution is 2.35. The number of imidazole rings is 1. The summed E-state index contributed by atoms with van der Waals surface area (Å²) in [6.07, 6.45) is 1.52. The molecule has 2 aliphatic rings. The molecule has 0 aliphatic carbocycles. The van der Waals surface area contributed by atoms with Crippen molar-refractivity contribution in [2.24, 2.45) is 4.99 Å². The van der Waals surface area contributed by atoms with E-state index in [2.05, 4.69) is 9.98 Å². The maximum absolute atomic E-state index is 14.1. The number of nitrogens with zero attached hydrogens (tertiary/aromatic N) is 5. The Morgan fingerprint density at radius 1 is 1.27 bits per heavy atom. The molecule has 0 N–H and O–H groups in total. The number of fused-ring (bicyclic) bond motifs is 3. The number of anilines is 1. The van der Waals surface area contributed by atoms with Crippen LogP contribution in [0.25, 0.3) is 0 Å². The maximum atomic E-state index is 14.1. The van der Waals surface area contributed by atoms with Gasteiger partial charge < -0.3 is 4.57 Å². The van der Waals surface area contributed by atoms with Crippen molar-refractivity contribution < 1.29 is 13.6 Å². The lowest BCUT2D eigenvalue weighted by atomic mass is 10.1. The molecule has 0 bridgehead atoms. The summed E-state index contributed by atoms with van der Waals surface area (Å²) in [7, 11) is 0. The van der Waals surface area contributed by atoms with Crippen LogP contribution < -0.4 is 4.90 Å². The summed E-state index contributed by atoms with van der Waals surface area (Å²) in [5.41, 5.74) is 0.306. The second kappa shape index (κ2) is 5.62. The molecule has 0 unspecified atom stereocenters. The van der Waals surface area contributed by atoms with Gasteiger partial charge in [0.05, 0.1) is 25.0 Å². The Labute approximate surface area is 149 Å². The summed E-state index contributed by atoms with van der Waals surface area (Å²) >= 11 is 0. The fraction of sp³-hybridized carbons (Fsp3) is 0.389. The van der Waals surface area contributed by atoms with Gasteiger partial charge in [0, 0.05) is 18.2 Å². The Kier molecular flexibility index (Phi) is 3.61. The Balaban J connectivity index is 1.79. The van der Waals surface area contributed by atoms with Gasteiger partial charge in [0.25, 0.3) is 5.91 Å². The molecule has 1 aromatic carbocycles. The van der Waals surface area contributed by atoms with E-state index in [-0.39, 0.29) is 18.0 Å². The van der Waals surface area contributed by atoms with Crippen LogP contribution in [0.1, 0.15) is 36.8 Å². The van der Waals surface area contributed by atoms with Gasteiger partial charge in [0.1, 0.15) is 17.5 Å². The van der Waals surface area contributed by atoms with E-state index in [9.17, 15) is 13.6 Å². The molecule has 0 saturated carbocycles. The Morgan fingerprint density at radius 2 is 2.04 bits per heavy atom. The predicted molar refractivity (Wildman–Crippen MR) is 93.3 cm³/mol. The van der Waals surface area contributed by atoms with E-state index in [4.69, 9.17) is 0 Å². The lowest BCUT2D eigenvalue weighted by Gasteiger charge is -2.33. The molecule has 1 aromatic heterocycles. The first-order valence-electron chi connectivity index (χ1n) is 8.49. The number of rotatable bonds is 3. The van der Waals surface area contributed by atoms with Crippen LogP contribution in [0.15, 0.2) is 29.5 Å². The summed E-state index contributed by atoms with van der Waals surface area (Å²) in [5, 5.41) is 0. The number of aliphatic imine (C=N–C) groups is 1. The summed E-state index contributed by atoms with van der Waals surface area (Å²) in [5.74, 6) is -0.263. The Bertz CT molecular complexity index is 934. The molecule has 3 heterocycles. The van der Waals surface area contributed by atoms with Crippen LogP contribution in [0.2, 0.25) is 0 Å². The smallest absolute Gasteiger partial charge is 0.283 e. The highest BCUT2D eigenvalue weighted by Gasteiger charge is 2.44. The lowest BCUT2D eigenvalue weighted by Crippen LogP contribution is -2.51. The molecule has 0 spiro atoms. The lowest BCUT2D eigenvalue weighted by molar-refractivity contribution is 0.0841. The zero-order valence-corrected chi connectivity index (χ0v) is 14.8. The molecule has 1 amide bonds. The predicted octanol–water partition coefficient (Wildman–Crippen LogP) is 2.64. The molecule has 0 fully saturated rings. The van der Waals surface area contributed by atoms with E-state index in [1.807, 2.05) is 25.7 Å². The van der Waals surface area contributed by atoms with Crippen LogP contribution in [0.5, 0.6) is 0 Å². The minimum Gasteiger partial charge on any atom is -0.312 e. The molecule has 136 valence electrons. The monoisotopic (exact) mass is 359 g/mol. The maximum Gasteiger partial charge on any atom is 0.283 e. The molecule has 0 atom stereocenters. The normalized spacial score (nSPS) is 18.0. The number of benzene rings is 1. The van der Waals surface area contributed by atoms with Gasteiger partial charge in [-0.25, -0.2) is 18.8 Å². The van der Waals surface area contributed by atoms with E-state index >= 15 is 0 Å². The second-order valence-electron chi connectivity index (χ2n) is 7.14. The molecule has 0 radical (unpaired) electrons. The number of halogens is 2. The average molecular weight is 359 g/mol. The summed E-state index contributed by atoms with van der Waals surface area (Å²) in [6.45, 7) is 7.12. The van der Waals surface area contributed by atoms with Gasteiger partial charge in [-0.1, -0.05) is 6.07 Å². The molecule has 6 nitrogen and oxygen atoms in total. The number of carbonyl (C=O) groups is 1. The van der Waals surface area contributed by atoms with Crippen LogP contribution in [0.3, 0.4) is 0 Å². The van der Waals surface area contributed by atoms with Gasteiger partial charge in [-0.05, 0) is 26.8 Å². The number of hydrogen-bond acceptors (Lipinski definition) is 4. The number of amides is 1. The standard InChI is InChI=1S/C18H19F2N5O/c1-4-24-16(26)14-15(25-9-18(2,3)22-17(24)25)23(10-21-14)8-11-5-6-12(19)7-13(11)20/h5-7,10H,4,8-9H2,1-3H3. The zero-order chi connectivity index (χ0) is 18.6. The fourth-order valence-corrected chi connectivity index (χ4v) is 3.46. The summed E-state index contributed by atoms with van der Waals surface area (Å²) < 4.78 is 28.9. The molecule has 2 aromatic rings. The third kappa shape index (κ3) is 2.48. The van der Waals surface area contributed by atoms with Crippen molar-refractivity contribution in [3.05, 3.63) is 47.4 Å². The second-order valence-corrected chi connectivity index (χ2v) is 7.14. The van der Waals surface area contributed by atoms with E-state index in [0.29, 0.717) is 36.1 Å². The van der Waals surface area contributed by atoms with Crippen LogP contribution in [0, 0.1) is 11.6 Å². The van der Waals surface area contributed by atoms with Gasteiger partial charge in [0.2, 0.25) is 5.96 Å². The minimum absolute atomic E-state index is 0.151. The van der Waals surface area contributed by atoms with Gasteiger partial charge in [-0.3, -0.25) is 14.6 Å². The summed E-state index contributed by atoms with van der Waals surface area (Å²) in [4.78, 5) is 25.3. The SMILES string of the molecule is CCN1C(=O)c2ncn(Cc3ccc(F)cc3F)c2N2CC(C)(C)N=C12. The molecule has 26 heavy (non-hydrogen) atoms. The van der Waals surface area contributed by atoms with Crippen molar-refractivity contribution in [3.63, 3.8) is 0 Å². The quantitative estimate of drug-likeness (QED) is 0.847. The molecule has 4 rings (SSSR count). The number of carbonyl (C=O) groups excluding carboxylic acids is 1. The van der Waals surface area contributed by atoms with Crippen molar-refractivity contribution in [2.45, 2.75) is 32.9 Å². The number of guanidine groups is 1. The highest BCUT2D eigenvalue weighted by molar-refractivity contribution is 6.18. The molecule has 8 heteroatoms. The molecule has 2 aliphatic heterocycles. The van der Waals surface area contributed by atoms with E-state index in [1.54, 1.807) is 9.47 Å². The fourth-order valence-electron chi connectivity index (χ4n) is 3.46. The number of hydrogen-bond donors (Lipinski definition) is 0. The summed E-state index contributed by atoms with van der Waals surface area (Å²) in [6, 6.07) is 3.48. The zero-order valence-electron chi connectivity index (χ0n) is 14.8. The number of aromatic nitrogens is 2. The van der Waals surface area contributed by atoms with Crippen molar-refractivity contribution >= 4 is 17.7 Å². The average Bonchev–Trinajstić information content (AvgIpc) is 3.11. The van der Waals surface area contributed by atoms with Crippen LogP contribution in [-0.4, -0.2) is 44.9 Å². The molecular formula is C18H19F2N5O. The Morgan fingerprint density at radius 3 is 2.73 bits per heavy atom. The van der Waals surface area contributed by atoms with Crippen LogP contribution >= 0.6 is 0 Å². The van der Waals surface area contributed by atoms with E-state index in [1.165, 1.54) is 18.5 Å². The van der Waals surface area contributed by atoms with Gasteiger partial charge in [0.15, 0.2) is 5.69 Å². The van der Waals surface area contributed by atoms with Crippen molar-refractivity contribution in [2.75, 3.05) is 18.0 Å². The van der Waals surface area contributed by atoms with Crippen molar-refractivity contribution in [3.8, 4) is 0 Å². The Hall–Kier alpha value is -2.77. The van der Waals surface area contributed by atoms with Crippen LogP contribution in [-0.2, 0) is 6.54 Å². The van der Waals surface area contributed by atoms with Crippen molar-refractivity contribution in [1.29, 1.82) is 0 Å². The molecule has 0 saturated heterocycles. The highest BCUT2D eigenvalue weighted by atomic mass is 19.1. The third-order valence-electron chi connectivity index (χ3n) is 4.62. The van der Waals surface area contributed by atoms with Gasteiger partial charge in [-0.2, -0.15) is 0 Å². The van der Waals surface area contributed by atoms with E-state index in [0.717, 1.165) is 6.07 Å². The minimum atomic E-state index is -0.625. The van der Waals surface area contributed by atoms with Crippen LogP contribution in [0.4, 0.5) is 14.6 Å². The largest absolute Gasteiger partial charge is 0.312 e. The van der Waals surface area contributed by atoms with Gasteiger partial charge >= 0.3 is 0 Å². The first-order valence-corrected chi connectivity index (χ1v) is 8.49. The van der Waals surface area contributed by atoms with Gasteiger partial charge in [-0.15, -0.1) is 0 Å².